The lowest BCUT2D eigenvalue weighted by molar-refractivity contribution is 0.366. The average molecular weight is 244 g/mol. The van der Waals surface area contributed by atoms with E-state index >= 15 is 0 Å². The summed E-state index contributed by atoms with van der Waals surface area (Å²) in [6, 6.07) is 8.54. The Hall–Kier alpha value is -1.39. The molecule has 4 nitrogen and oxygen atoms in total. The molecule has 0 saturated heterocycles. The van der Waals surface area contributed by atoms with Crippen LogP contribution in [-0.4, -0.2) is 9.78 Å². The summed E-state index contributed by atoms with van der Waals surface area (Å²) in [6.07, 6.45) is 5.13. The number of nitrogens with two attached hydrogens (primary N) is 1. The normalized spacial score (nSPS) is 18.6. The summed E-state index contributed by atoms with van der Waals surface area (Å²) < 4.78 is 1.95. The van der Waals surface area contributed by atoms with Crippen LogP contribution < -0.4 is 11.3 Å². The highest BCUT2D eigenvalue weighted by molar-refractivity contribution is 5.82. The van der Waals surface area contributed by atoms with Crippen LogP contribution in [0.5, 0.6) is 0 Å². The predicted molar refractivity (Wildman–Crippen MR) is 72.7 cm³/mol. The van der Waals surface area contributed by atoms with Crippen molar-refractivity contribution in [2.45, 2.75) is 31.7 Å². The Balaban J connectivity index is 2.06. The van der Waals surface area contributed by atoms with Gasteiger partial charge in [0.1, 0.15) is 0 Å². The maximum atomic E-state index is 5.79. The highest BCUT2D eigenvalue weighted by Crippen LogP contribution is 2.37. The fourth-order valence-corrected chi connectivity index (χ4v) is 3.20. The van der Waals surface area contributed by atoms with Crippen molar-refractivity contribution in [2.75, 3.05) is 0 Å². The van der Waals surface area contributed by atoms with Crippen LogP contribution >= 0.6 is 0 Å². The first kappa shape index (κ1) is 11.7. The highest BCUT2D eigenvalue weighted by Gasteiger charge is 2.28. The van der Waals surface area contributed by atoms with Gasteiger partial charge in [0.15, 0.2) is 0 Å². The van der Waals surface area contributed by atoms with Crippen molar-refractivity contribution in [3.8, 4) is 0 Å². The molecule has 1 atom stereocenters. The van der Waals surface area contributed by atoms with Crippen LogP contribution in [0.4, 0.5) is 0 Å². The molecule has 18 heavy (non-hydrogen) atoms. The molecule has 1 unspecified atom stereocenters. The van der Waals surface area contributed by atoms with Crippen molar-refractivity contribution >= 4 is 10.9 Å². The summed E-state index contributed by atoms with van der Waals surface area (Å²) in [7, 11) is 1.99. The Morgan fingerprint density at radius 3 is 2.78 bits per heavy atom. The second-order valence-corrected chi connectivity index (χ2v) is 5.21. The van der Waals surface area contributed by atoms with Crippen LogP contribution in [0.15, 0.2) is 24.3 Å². The molecule has 1 aliphatic rings. The van der Waals surface area contributed by atoms with E-state index in [4.69, 9.17) is 5.84 Å². The number of fused-ring (bicyclic) bond motifs is 1. The van der Waals surface area contributed by atoms with Gasteiger partial charge in [-0.05, 0) is 24.8 Å². The first-order valence-electron chi connectivity index (χ1n) is 6.69. The van der Waals surface area contributed by atoms with Gasteiger partial charge in [-0.25, -0.2) is 0 Å². The third-order valence-corrected chi connectivity index (χ3v) is 4.13. The molecule has 3 rings (SSSR count). The Morgan fingerprint density at radius 1 is 1.33 bits per heavy atom. The molecule has 0 aliphatic heterocycles. The highest BCUT2D eigenvalue weighted by atomic mass is 15.3. The second-order valence-electron chi connectivity index (χ2n) is 5.21. The second kappa shape index (κ2) is 4.71. The molecule has 1 aliphatic carbocycles. The van der Waals surface area contributed by atoms with Crippen LogP contribution in [0.25, 0.3) is 10.9 Å². The zero-order valence-electron chi connectivity index (χ0n) is 10.8. The van der Waals surface area contributed by atoms with Gasteiger partial charge in [0.2, 0.25) is 0 Å². The van der Waals surface area contributed by atoms with Crippen molar-refractivity contribution in [3.63, 3.8) is 0 Å². The van der Waals surface area contributed by atoms with Crippen LogP contribution in [0, 0.1) is 5.92 Å². The van der Waals surface area contributed by atoms with E-state index in [-0.39, 0.29) is 6.04 Å². The summed E-state index contributed by atoms with van der Waals surface area (Å²) in [4.78, 5) is 0. The Morgan fingerprint density at radius 2 is 2.06 bits per heavy atom. The molecule has 4 heteroatoms. The van der Waals surface area contributed by atoms with Gasteiger partial charge in [0.05, 0.1) is 17.3 Å². The molecule has 1 fully saturated rings. The summed E-state index contributed by atoms with van der Waals surface area (Å²) in [5, 5.41) is 5.90. The zero-order chi connectivity index (χ0) is 12.5. The van der Waals surface area contributed by atoms with E-state index in [1.807, 2.05) is 17.8 Å². The third kappa shape index (κ3) is 1.82. The van der Waals surface area contributed by atoms with Gasteiger partial charge < -0.3 is 0 Å². The lowest BCUT2D eigenvalue weighted by Crippen LogP contribution is -2.33. The van der Waals surface area contributed by atoms with E-state index in [1.54, 1.807) is 0 Å². The third-order valence-electron chi connectivity index (χ3n) is 4.13. The molecule has 0 bridgehead atoms. The molecule has 0 radical (unpaired) electrons. The molecule has 96 valence electrons. The monoisotopic (exact) mass is 244 g/mol. The smallest absolute Gasteiger partial charge is 0.0888 e. The molecule has 3 N–H and O–H groups in total. The fraction of sp³-hybridized carbons (Fsp3) is 0.500. The summed E-state index contributed by atoms with van der Waals surface area (Å²) in [5.74, 6) is 6.40. The van der Waals surface area contributed by atoms with Gasteiger partial charge in [-0.3, -0.25) is 16.0 Å². The van der Waals surface area contributed by atoms with Crippen LogP contribution in [0.1, 0.15) is 37.4 Å². The number of hydrogen-bond donors (Lipinski definition) is 2. The SMILES string of the molecule is Cn1nc(C(NN)C2CCCC2)c2ccccc21. The topological polar surface area (TPSA) is 55.9 Å². The number of rotatable bonds is 3. The number of nitrogens with one attached hydrogen (secondary N) is 1. The Labute approximate surface area is 107 Å². The fourth-order valence-electron chi connectivity index (χ4n) is 3.20. The lowest BCUT2D eigenvalue weighted by atomic mass is 9.94. The van der Waals surface area contributed by atoms with Crippen molar-refractivity contribution < 1.29 is 0 Å². The minimum absolute atomic E-state index is 0.179. The predicted octanol–water partition coefficient (Wildman–Crippen LogP) is 2.27. The number of benzene rings is 1. The molecule has 1 aromatic heterocycles. The van der Waals surface area contributed by atoms with Crippen LogP contribution in [0.3, 0.4) is 0 Å². The van der Waals surface area contributed by atoms with Crippen LogP contribution in [0.2, 0.25) is 0 Å². The van der Waals surface area contributed by atoms with Gasteiger partial charge in [0, 0.05) is 12.4 Å². The maximum absolute atomic E-state index is 5.79. The van der Waals surface area contributed by atoms with Crippen molar-refractivity contribution in [1.82, 2.24) is 15.2 Å². The number of aryl methyl sites for hydroxylation is 1. The van der Waals surface area contributed by atoms with E-state index in [0.717, 1.165) is 5.69 Å². The van der Waals surface area contributed by atoms with E-state index < -0.39 is 0 Å². The molecule has 0 amide bonds. The number of aromatic nitrogens is 2. The van der Waals surface area contributed by atoms with E-state index in [2.05, 4.69) is 28.7 Å². The zero-order valence-corrected chi connectivity index (χ0v) is 10.8. The summed E-state index contributed by atoms with van der Waals surface area (Å²) in [5.41, 5.74) is 5.26. The van der Waals surface area contributed by atoms with Gasteiger partial charge in [-0.1, -0.05) is 31.0 Å². The lowest BCUT2D eigenvalue weighted by Gasteiger charge is -2.20. The molecular formula is C14H20N4. The minimum atomic E-state index is 0.179. The molecule has 1 aromatic carbocycles. The molecule has 1 heterocycles. The standard InChI is InChI=1S/C14H20N4/c1-18-12-9-5-4-8-11(12)14(17-18)13(16-15)10-6-2-3-7-10/h4-5,8-10,13,16H,2-3,6-7,15H2,1H3. The quantitative estimate of drug-likeness (QED) is 0.643. The van der Waals surface area contributed by atoms with Gasteiger partial charge >= 0.3 is 0 Å². The first-order valence-corrected chi connectivity index (χ1v) is 6.69. The van der Waals surface area contributed by atoms with E-state index in [9.17, 15) is 0 Å². The van der Waals surface area contributed by atoms with Crippen molar-refractivity contribution in [3.05, 3.63) is 30.0 Å². The molecule has 2 aromatic rings. The van der Waals surface area contributed by atoms with Gasteiger partial charge in [-0.2, -0.15) is 5.10 Å². The first-order chi connectivity index (χ1) is 8.81. The average Bonchev–Trinajstić information content (AvgIpc) is 3.01. The number of nitrogens with zero attached hydrogens (tertiary/aromatic N) is 2. The van der Waals surface area contributed by atoms with Crippen molar-refractivity contribution in [1.29, 1.82) is 0 Å². The summed E-state index contributed by atoms with van der Waals surface area (Å²) >= 11 is 0. The largest absolute Gasteiger partial charge is 0.271 e. The number of hydrogen-bond acceptors (Lipinski definition) is 3. The molecule has 1 saturated carbocycles. The van der Waals surface area contributed by atoms with Crippen molar-refractivity contribution in [2.24, 2.45) is 18.8 Å². The Kier molecular flexibility index (Phi) is 3.06. The number of para-hydroxylation sites is 1. The molecule has 0 spiro atoms. The molecular weight excluding hydrogens is 224 g/mol. The van der Waals surface area contributed by atoms with E-state index in [1.165, 1.54) is 36.6 Å². The minimum Gasteiger partial charge on any atom is -0.271 e. The van der Waals surface area contributed by atoms with E-state index in [0.29, 0.717) is 5.92 Å². The number of hydrazine groups is 1. The van der Waals surface area contributed by atoms with Gasteiger partial charge in [-0.15, -0.1) is 0 Å². The maximum Gasteiger partial charge on any atom is 0.0888 e. The summed E-state index contributed by atoms with van der Waals surface area (Å²) in [6.45, 7) is 0. The van der Waals surface area contributed by atoms with Gasteiger partial charge in [0.25, 0.3) is 0 Å². The Bertz CT molecular complexity index is 540. The van der Waals surface area contributed by atoms with Crippen LogP contribution in [-0.2, 0) is 7.05 Å².